The number of carbonyl (C=O) groups excluding carboxylic acids is 1. The first-order valence-electron chi connectivity index (χ1n) is 5.78. The molecular weight excluding hydrogens is 214 g/mol. The van der Waals surface area contributed by atoms with Gasteiger partial charge in [-0.2, -0.15) is 0 Å². The highest BCUT2D eigenvalue weighted by atomic mass is 28.3. The molecule has 1 N–H and O–H groups in total. The van der Waals surface area contributed by atoms with E-state index in [4.69, 9.17) is 0 Å². The summed E-state index contributed by atoms with van der Waals surface area (Å²) < 4.78 is 0. The summed E-state index contributed by atoms with van der Waals surface area (Å²) in [5, 5.41) is 2.95. The van der Waals surface area contributed by atoms with E-state index in [9.17, 15) is 4.79 Å². The second-order valence-electron chi connectivity index (χ2n) is 5.32. The van der Waals surface area contributed by atoms with Crippen LogP contribution in [0.4, 0.5) is 0 Å². The highest BCUT2D eigenvalue weighted by Gasteiger charge is 2.14. The van der Waals surface area contributed by atoms with Gasteiger partial charge in [0.2, 0.25) is 5.91 Å². The lowest BCUT2D eigenvalue weighted by molar-refractivity contribution is -0.120. The maximum Gasteiger partial charge on any atom is 0.219 e. The number of hydrogen-bond donors (Lipinski definition) is 1. The standard InChI is InChI=1S/C13H21NOSi/c1-16(2,3)10-9-13(15)14-11-12-7-5-4-6-8-12/h4-8H,9-11H2,1-3H3,(H,14,15). The molecule has 0 saturated carbocycles. The summed E-state index contributed by atoms with van der Waals surface area (Å²) in [7, 11) is -1.09. The van der Waals surface area contributed by atoms with Crippen molar-refractivity contribution in [3.05, 3.63) is 35.9 Å². The molecule has 3 heteroatoms. The summed E-state index contributed by atoms with van der Waals surface area (Å²) in [6.45, 7) is 7.51. The quantitative estimate of drug-likeness (QED) is 0.781. The highest BCUT2D eigenvalue weighted by molar-refractivity contribution is 6.76. The predicted molar refractivity (Wildman–Crippen MR) is 71.1 cm³/mol. The minimum Gasteiger partial charge on any atom is -0.352 e. The number of benzene rings is 1. The second-order valence-corrected chi connectivity index (χ2v) is 10.9. The summed E-state index contributed by atoms with van der Waals surface area (Å²) in [6.07, 6.45) is 0.669. The molecule has 0 heterocycles. The Bertz CT molecular complexity index is 330. The van der Waals surface area contributed by atoms with Gasteiger partial charge in [0.1, 0.15) is 0 Å². The van der Waals surface area contributed by atoms with Crippen molar-refractivity contribution in [2.75, 3.05) is 0 Å². The molecule has 0 atom stereocenters. The molecule has 0 radical (unpaired) electrons. The summed E-state index contributed by atoms with van der Waals surface area (Å²) in [6, 6.07) is 11.1. The molecule has 0 bridgehead atoms. The molecule has 1 rings (SSSR count). The van der Waals surface area contributed by atoms with Gasteiger partial charge in [-0.1, -0.05) is 50.0 Å². The van der Waals surface area contributed by atoms with E-state index >= 15 is 0 Å². The van der Waals surface area contributed by atoms with Crippen molar-refractivity contribution in [2.24, 2.45) is 0 Å². The van der Waals surface area contributed by atoms with Crippen molar-refractivity contribution in [1.82, 2.24) is 5.32 Å². The van der Waals surface area contributed by atoms with Crippen LogP contribution in [-0.2, 0) is 11.3 Å². The molecule has 16 heavy (non-hydrogen) atoms. The molecule has 1 aromatic rings. The highest BCUT2D eigenvalue weighted by Crippen LogP contribution is 2.10. The van der Waals surface area contributed by atoms with Crippen LogP contribution in [0.25, 0.3) is 0 Å². The van der Waals surface area contributed by atoms with E-state index in [2.05, 4.69) is 25.0 Å². The van der Waals surface area contributed by atoms with Gasteiger partial charge >= 0.3 is 0 Å². The van der Waals surface area contributed by atoms with Crippen molar-refractivity contribution >= 4 is 14.0 Å². The summed E-state index contributed by atoms with van der Waals surface area (Å²) >= 11 is 0. The molecule has 2 nitrogen and oxygen atoms in total. The van der Waals surface area contributed by atoms with Gasteiger partial charge in [-0.05, 0) is 11.6 Å². The molecule has 88 valence electrons. The first-order chi connectivity index (χ1) is 7.47. The van der Waals surface area contributed by atoms with E-state index in [-0.39, 0.29) is 5.91 Å². The Morgan fingerprint density at radius 3 is 2.38 bits per heavy atom. The van der Waals surface area contributed by atoms with E-state index in [1.54, 1.807) is 0 Å². The molecule has 0 aliphatic heterocycles. The van der Waals surface area contributed by atoms with Gasteiger partial charge in [0.25, 0.3) is 0 Å². The van der Waals surface area contributed by atoms with Gasteiger partial charge in [-0.25, -0.2) is 0 Å². The minimum atomic E-state index is -1.09. The molecule has 0 unspecified atom stereocenters. The van der Waals surface area contributed by atoms with Crippen LogP contribution >= 0.6 is 0 Å². The lowest BCUT2D eigenvalue weighted by atomic mass is 10.2. The Morgan fingerprint density at radius 2 is 1.81 bits per heavy atom. The number of hydrogen-bond acceptors (Lipinski definition) is 1. The summed E-state index contributed by atoms with van der Waals surface area (Å²) in [5.41, 5.74) is 1.16. The van der Waals surface area contributed by atoms with Crippen LogP contribution in [0.5, 0.6) is 0 Å². The SMILES string of the molecule is C[Si](C)(C)CCC(=O)NCc1ccccc1. The molecule has 0 aliphatic rings. The maximum absolute atomic E-state index is 11.6. The lowest BCUT2D eigenvalue weighted by Crippen LogP contribution is -2.27. The van der Waals surface area contributed by atoms with E-state index in [1.165, 1.54) is 0 Å². The van der Waals surface area contributed by atoms with Gasteiger partial charge in [0.15, 0.2) is 0 Å². The molecule has 0 saturated heterocycles. The largest absolute Gasteiger partial charge is 0.352 e. The summed E-state index contributed by atoms with van der Waals surface area (Å²) in [4.78, 5) is 11.6. The average Bonchev–Trinajstić information content (AvgIpc) is 2.24. The van der Waals surface area contributed by atoms with Crippen LogP contribution in [0.3, 0.4) is 0 Å². The Kier molecular flexibility index (Phi) is 4.74. The third-order valence-electron chi connectivity index (χ3n) is 2.43. The molecule has 0 aliphatic carbocycles. The molecule has 1 aromatic carbocycles. The smallest absolute Gasteiger partial charge is 0.219 e. The zero-order valence-electron chi connectivity index (χ0n) is 10.4. The van der Waals surface area contributed by atoms with Crippen LogP contribution in [-0.4, -0.2) is 14.0 Å². The predicted octanol–water partition coefficient (Wildman–Crippen LogP) is 3.03. The van der Waals surface area contributed by atoms with Crippen LogP contribution < -0.4 is 5.32 Å². The fourth-order valence-corrected chi connectivity index (χ4v) is 2.35. The number of carbonyl (C=O) groups is 1. The Morgan fingerprint density at radius 1 is 1.19 bits per heavy atom. The van der Waals surface area contributed by atoms with Gasteiger partial charge in [0, 0.05) is 21.0 Å². The van der Waals surface area contributed by atoms with E-state index in [0.717, 1.165) is 11.6 Å². The topological polar surface area (TPSA) is 29.1 Å². The van der Waals surface area contributed by atoms with Crippen molar-refractivity contribution in [3.8, 4) is 0 Å². The zero-order chi connectivity index (χ0) is 12.0. The van der Waals surface area contributed by atoms with E-state index in [1.807, 2.05) is 30.3 Å². The first-order valence-corrected chi connectivity index (χ1v) is 9.49. The number of amides is 1. The molecular formula is C13H21NOSi. The Hall–Kier alpha value is -1.09. The third-order valence-corrected chi connectivity index (χ3v) is 4.18. The molecule has 0 aromatic heterocycles. The minimum absolute atomic E-state index is 0.172. The van der Waals surface area contributed by atoms with Crippen LogP contribution in [0, 0.1) is 0 Å². The Balaban J connectivity index is 2.26. The van der Waals surface area contributed by atoms with Crippen molar-refractivity contribution in [2.45, 2.75) is 38.7 Å². The normalized spacial score (nSPS) is 11.2. The lowest BCUT2D eigenvalue weighted by Gasteiger charge is -2.14. The fourth-order valence-electron chi connectivity index (χ4n) is 1.37. The fraction of sp³-hybridized carbons (Fsp3) is 0.462. The van der Waals surface area contributed by atoms with Gasteiger partial charge in [-0.15, -0.1) is 0 Å². The van der Waals surface area contributed by atoms with Crippen LogP contribution in [0.15, 0.2) is 30.3 Å². The molecule has 0 spiro atoms. The third kappa shape index (κ3) is 5.71. The second kappa shape index (κ2) is 5.85. The molecule has 1 amide bonds. The first kappa shape index (κ1) is 13.0. The molecule has 0 fully saturated rings. The number of rotatable bonds is 5. The van der Waals surface area contributed by atoms with Gasteiger partial charge in [-0.3, -0.25) is 4.79 Å². The average molecular weight is 235 g/mol. The van der Waals surface area contributed by atoms with Gasteiger partial charge < -0.3 is 5.32 Å². The maximum atomic E-state index is 11.6. The van der Waals surface area contributed by atoms with E-state index in [0.29, 0.717) is 13.0 Å². The van der Waals surface area contributed by atoms with Crippen molar-refractivity contribution in [3.63, 3.8) is 0 Å². The number of nitrogens with one attached hydrogen (secondary N) is 1. The van der Waals surface area contributed by atoms with Crippen LogP contribution in [0.2, 0.25) is 25.7 Å². The van der Waals surface area contributed by atoms with Crippen molar-refractivity contribution < 1.29 is 4.79 Å². The Labute approximate surface area is 99.1 Å². The van der Waals surface area contributed by atoms with E-state index < -0.39 is 8.07 Å². The van der Waals surface area contributed by atoms with Crippen molar-refractivity contribution in [1.29, 1.82) is 0 Å². The van der Waals surface area contributed by atoms with Crippen LogP contribution in [0.1, 0.15) is 12.0 Å². The zero-order valence-corrected chi connectivity index (χ0v) is 11.4. The summed E-state index contributed by atoms with van der Waals surface area (Å²) in [5.74, 6) is 0.172. The monoisotopic (exact) mass is 235 g/mol. The van der Waals surface area contributed by atoms with Gasteiger partial charge in [0.05, 0.1) is 0 Å².